The number of aromatic nitrogens is 3. The lowest BCUT2D eigenvalue weighted by Crippen LogP contribution is -2.35. The van der Waals surface area contributed by atoms with Crippen LogP contribution in [-0.2, 0) is 5.54 Å². The summed E-state index contributed by atoms with van der Waals surface area (Å²) < 4.78 is 30.2. The van der Waals surface area contributed by atoms with Crippen molar-refractivity contribution in [2.45, 2.75) is 38.3 Å². The van der Waals surface area contributed by atoms with Gasteiger partial charge >= 0.3 is 0 Å². The molecule has 10 heteroatoms. The number of halogens is 2. The molecule has 2 atom stereocenters. The fourth-order valence-corrected chi connectivity index (χ4v) is 4.58. The largest absolute Gasteiger partial charge is 0.382 e. The van der Waals surface area contributed by atoms with E-state index >= 15 is 0 Å². The van der Waals surface area contributed by atoms with Gasteiger partial charge in [-0.3, -0.25) is 0 Å². The molecule has 0 unspecified atom stereocenters. The van der Waals surface area contributed by atoms with Crippen LogP contribution in [0.4, 0.5) is 14.6 Å². The van der Waals surface area contributed by atoms with E-state index in [1.165, 1.54) is 17.3 Å². The molecule has 162 valence electrons. The van der Waals surface area contributed by atoms with E-state index in [4.69, 9.17) is 16.6 Å². The van der Waals surface area contributed by atoms with E-state index in [0.717, 1.165) is 18.9 Å². The fourth-order valence-electron chi connectivity index (χ4n) is 4.58. The Kier molecular flexibility index (Phi) is 4.37. The van der Waals surface area contributed by atoms with Crippen LogP contribution in [0.3, 0.4) is 0 Å². The number of hydrazone groups is 1. The summed E-state index contributed by atoms with van der Waals surface area (Å²) in [7, 11) is 0. The molecule has 0 radical (unpaired) electrons. The third-order valence-corrected chi connectivity index (χ3v) is 6.31. The lowest BCUT2D eigenvalue weighted by Gasteiger charge is -2.30. The molecule has 1 saturated heterocycles. The molecule has 0 bridgehead atoms. The number of hydrogen-bond acceptors (Lipinski definition) is 6. The van der Waals surface area contributed by atoms with Crippen molar-refractivity contribution >= 4 is 17.3 Å². The number of nitrogens with zero attached hydrogens (tertiary/aromatic N) is 6. The molecule has 0 amide bonds. The molecule has 3 heterocycles. The molecule has 2 aliphatic rings. The topological polar surface area (TPSA) is 101 Å². The normalized spacial score (nSPS) is 23.0. The van der Waals surface area contributed by atoms with Gasteiger partial charge in [-0.1, -0.05) is 0 Å². The lowest BCUT2D eigenvalue weighted by atomic mass is 10.0. The zero-order chi connectivity index (χ0) is 21.9. The van der Waals surface area contributed by atoms with E-state index in [-0.39, 0.29) is 17.8 Å². The molecule has 2 aromatic heterocycles. The zero-order valence-corrected chi connectivity index (χ0v) is 17.3. The second kappa shape index (κ2) is 6.88. The van der Waals surface area contributed by atoms with Crippen LogP contribution in [0.5, 0.6) is 0 Å². The molecule has 8 nitrogen and oxygen atoms in total. The van der Waals surface area contributed by atoms with Crippen molar-refractivity contribution in [2.75, 3.05) is 11.4 Å². The molecule has 31 heavy (non-hydrogen) atoms. The van der Waals surface area contributed by atoms with Gasteiger partial charge in [-0.2, -0.15) is 5.10 Å². The molecule has 4 N–H and O–H groups in total. The lowest BCUT2D eigenvalue weighted by molar-refractivity contribution is 0.239. The highest BCUT2D eigenvalue weighted by Crippen LogP contribution is 2.63. The van der Waals surface area contributed by atoms with E-state index in [0.29, 0.717) is 29.1 Å². The van der Waals surface area contributed by atoms with E-state index in [9.17, 15) is 8.78 Å². The van der Waals surface area contributed by atoms with Gasteiger partial charge in [-0.25, -0.2) is 29.2 Å². The minimum atomic E-state index is -0.566. The van der Waals surface area contributed by atoms with Crippen molar-refractivity contribution in [1.29, 1.82) is 0 Å². The smallest absolute Gasteiger partial charge is 0.168 e. The summed E-state index contributed by atoms with van der Waals surface area (Å²) >= 11 is 0. The summed E-state index contributed by atoms with van der Waals surface area (Å²) in [6.07, 6.45) is 5.04. The highest BCUT2D eigenvalue weighted by atomic mass is 19.1. The highest BCUT2D eigenvalue weighted by molar-refractivity contribution is 6.02. The molecule has 3 aromatic rings. The number of fused-ring (bicyclic) bond motifs is 2. The maximum absolute atomic E-state index is 14.7. The number of anilines is 1. The number of hydrogen-bond donors (Lipinski definition) is 2. The predicted octanol–water partition coefficient (Wildman–Crippen LogP) is 2.34. The number of piperidine rings is 1. The van der Waals surface area contributed by atoms with Gasteiger partial charge in [0.1, 0.15) is 17.5 Å². The van der Waals surface area contributed by atoms with Crippen LogP contribution in [0.25, 0.3) is 5.65 Å². The second-order valence-corrected chi connectivity index (χ2v) is 8.46. The number of nitrogens with two attached hydrogens (primary N) is 2. The summed E-state index contributed by atoms with van der Waals surface area (Å²) in [4.78, 5) is 6.85. The van der Waals surface area contributed by atoms with Crippen LogP contribution >= 0.6 is 0 Å². The molecule has 1 aliphatic heterocycles. The Labute approximate surface area is 178 Å². The van der Waals surface area contributed by atoms with Crippen molar-refractivity contribution in [1.82, 2.24) is 19.7 Å². The molecule has 2 fully saturated rings. The van der Waals surface area contributed by atoms with Crippen LogP contribution in [-0.4, -0.2) is 38.1 Å². The van der Waals surface area contributed by atoms with Crippen molar-refractivity contribution in [3.05, 3.63) is 59.4 Å². The summed E-state index contributed by atoms with van der Waals surface area (Å²) in [6, 6.07) is 5.46. The summed E-state index contributed by atoms with van der Waals surface area (Å²) in [5.74, 6) is 6.18. The van der Waals surface area contributed by atoms with Crippen molar-refractivity contribution < 1.29 is 8.78 Å². The van der Waals surface area contributed by atoms with Crippen LogP contribution in [0.15, 0.2) is 41.8 Å². The van der Waals surface area contributed by atoms with E-state index in [1.54, 1.807) is 16.9 Å². The van der Waals surface area contributed by atoms with Gasteiger partial charge in [0, 0.05) is 18.3 Å². The first-order valence-electron chi connectivity index (χ1n) is 10.3. The van der Waals surface area contributed by atoms with E-state index in [2.05, 4.69) is 15.1 Å². The Morgan fingerprint density at radius 1 is 1.32 bits per heavy atom. The average Bonchev–Trinajstić information content (AvgIpc) is 3.12. The van der Waals surface area contributed by atoms with Gasteiger partial charge in [0.15, 0.2) is 11.5 Å². The molecule has 0 spiro atoms. The predicted molar refractivity (Wildman–Crippen MR) is 113 cm³/mol. The monoisotopic (exact) mass is 426 g/mol. The number of hydrazine groups is 1. The Morgan fingerprint density at radius 2 is 2.13 bits per heavy atom. The first kappa shape index (κ1) is 19.7. The van der Waals surface area contributed by atoms with Crippen LogP contribution in [0.2, 0.25) is 0 Å². The maximum Gasteiger partial charge on any atom is 0.168 e. The molecule has 1 aliphatic carbocycles. The zero-order valence-electron chi connectivity index (χ0n) is 17.3. The fraction of sp³-hybridized carbons (Fsp3) is 0.381. The quantitative estimate of drug-likeness (QED) is 0.281. The standard InChI is InChI=1S/C21H24F2N8/c1-12(2)31(25)28-19(24)15-11-26-30-8-6-18(27-20(15)30)29-7-5-13-10-21(13,29)16-9-14(22)3-4-17(16)23/h3-4,6,8-9,11-13H,5,7,10,25H2,1-2H3,(H2,24,28)/t13-,21+/m0/s1. The Hall–Kier alpha value is -3.27. The summed E-state index contributed by atoms with van der Waals surface area (Å²) in [5, 5.41) is 9.78. The molecular weight excluding hydrogens is 402 g/mol. The SMILES string of the molecule is CC(C)N(N)/N=C(\N)c1cnn2ccc(N3CC[C@H]4C[C@]43c3cc(F)ccc3F)nc12. The molecular formula is C21H24F2N8. The summed E-state index contributed by atoms with van der Waals surface area (Å²) in [5.41, 5.74) is 7.07. The number of rotatable bonds is 5. The van der Waals surface area contributed by atoms with Crippen LogP contribution < -0.4 is 16.5 Å². The number of amidine groups is 1. The summed E-state index contributed by atoms with van der Waals surface area (Å²) in [6.45, 7) is 4.50. The van der Waals surface area contributed by atoms with Gasteiger partial charge < -0.3 is 10.6 Å². The molecule has 1 saturated carbocycles. The van der Waals surface area contributed by atoms with Crippen molar-refractivity contribution in [3.63, 3.8) is 0 Å². The van der Waals surface area contributed by atoms with Gasteiger partial charge in [0.2, 0.25) is 0 Å². The first-order chi connectivity index (χ1) is 14.8. The van der Waals surface area contributed by atoms with Crippen LogP contribution in [0, 0.1) is 17.6 Å². The Balaban J connectivity index is 1.56. The van der Waals surface area contributed by atoms with E-state index in [1.807, 2.05) is 19.9 Å². The van der Waals surface area contributed by atoms with Gasteiger partial charge in [-0.15, -0.1) is 5.10 Å². The van der Waals surface area contributed by atoms with Gasteiger partial charge in [-0.05, 0) is 56.9 Å². The van der Waals surface area contributed by atoms with E-state index < -0.39 is 17.2 Å². The minimum absolute atomic E-state index is 0.0265. The third-order valence-electron chi connectivity index (χ3n) is 6.31. The van der Waals surface area contributed by atoms with Crippen molar-refractivity contribution in [3.8, 4) is 0 Å². The van der Waals surface area contributed by atoms with Crippen molar-refractivity contribution in [2.24, 2.45) is 22.6 Å². The van der Waals surface area contributed by atoms with Gasteiger partial charge in [0.25, 0.3) is 0 Å². The third kappa shape index (κ3) is 3.01. The van der Waals surface area contributed by atoms with Gasteiger partial charge in [0.05, 0.1) is 23.3 Å². The average molecular weight is 426 g/mol. The highest BCUT2D eigenvalue weighted by Gasteiger charge is 2.64. The Morgan fingerprint density at radius 3 is 2.87 bits per heavy atom. The van der Waals surface area contributed by atoms with Crippen LogP contribution in [0.1, 0.15) is 37.8 Å². The first-order valence-corrected chi connectivity index (χ1v) is 10.3. The second-order valence-electron chi connectivity index (χ2n) is 8.46. The maximum atomic E-state index is 14.7. The molecule has 1 aromatic carbocycles. The number of benzene rings is 1. The molecule has 5 rings (SSSR count). The minimum Gasteiger partial charge on any atom is -0.382 e. The Bertz CT molecular complexity index is 1190.